The summed E-state index contributed by atoms with van der Waals surface area (Å²) in [5, 5.41) is 2.36. The van der Waals surface area contributed by atoms with Crippen molar-refractivity contribution in [2.45, 2.75) is 52.4 Å². The second kappa shape index (κ2) is 9.52. The van der Waals surface area contributed by atoms with E-state index in [-0.39, 0.29) is 10.8 Å². The lowest BCUT2D eigenvalue weighted by Gasteiger charge is -2.28. The lowest BCUT2D eigenvalue weighted by molar-refractivity contribution is 0.590. The molecule has 0 aliphatic rings. The number of hydrogen-bond donors (Lipinski definition) is 0. The van der Waals surface area contributed by atoms with Crippen molar-refractivity contribution in [3.63, 3.8) is 0 Å². The van der Waals surface area contributed by atoms with Gasteiger partial charge in [-0.25, -0.2) is 0 Å². The topological polar surface area (TPSA) is 16.1 Å². The third-order valence-corrected chi connectivity index (χ3v) is 7.03. The van der Waals surface area contributed by atoms with Crippen LogP contribution in [0, 0.1) is 0 Å². The van der Waals surface area contributed by atoms with Crippen LogP contribution in [0.4, 0.5) is 17.1 Å². The highest BCUT2D eigenvalue weighted by molar-refractivity contribution is 5.95. The van der Waals surface area contributed by atoms with Gasteiger partial charge in [-0.3, -0.25) is 4.98 Å². The maximum Gasteiger partial charge on any atom is 0.0781 e. The van der Waals surface area contributed by atoms with E-state index in [0.717, 1.165) is 33.7 Å². The van der Waals surface area contributed by atoms with Gasteiger partial charge in [0.15, 0.2) is 0 Å². The number of nitrogens with zero attached hydrogens (tertiary/aromatic N) is 2. The second-order valence-corrected chi connectivity index (χ2v) is 11.9. The van der Waals surface area contributed by atoms with Crippen molar-refractivity contribution in [3.8, 4) is 11.3 Å². The predicted molar refractivity (Wildman–Crippen MR) is 159 cm³/mol. The first-order valence-electron chi connectivity index (χ1n) is 13.1. The number of rotatable bonds is 4. The third-order valence-electron chi connectivity index (χ3n) is 7.03. The molecule has 0 amide bonds. The van der Waals surface area contributed by atoms with Gasteiger partial charge in [0.25, 0.3) is 0 Å². The molecular formula is C35H36N2. The first-order valence-corrected chi connectivity index (χ1v) is 13.1. The van der Waals surface area contributed by atoms with E-state index in [4.69, 9.17) is 4.98 Å². The zero-order valence-electron chi connectivity index (χ0n) is 22.8. The van der Waals surface area contributed by atoms with E-state index in [1.54, 1.807) is 0 Å². The van der Waals surface area contributed by atoms with Crippen molar-refractivity contribution >= 4 is 27.8 Å². The zero-order valence-corrected chi connectivity index (χ0v) is 22.8. The maximum absolute atomic E-state index is 4.78. The monoisotopic (exact) mass is 484 g/mol. The van der Waals surface area contributed by atoms with Gasteiger partial charge in [0.1, 0.15) is 0 Å². The Bertz CT molecular complexity index is 1450. The molecule has 0 aliphatic carbocycles. The minimum absolute atomic E-state index is 0.109. The van der Waals surface area contributed by atoms with Crippen molar-refractivity contribution in [2.75, 3.05) is 4.90 Å². The van der Waals surface area contributed by atoms with E-state index in [2.05, 4.69) is 150 Å². The quantitative estimate of drug-likeness (QED) is 0.252. The van der Waals surface area contributed by atoms with Crippen LogP contribution in [0.1, 0.15) is 52.7 Å². The molecule has 0 bridgehead atoms. The molecule has 0 spiro atoms. The van der Waals surface area contributed by atoms with Gasteiger partial charge in [-0.15, -0.1) is 0 Å². The van der Waals surface area contributed by atoms with Crippen LogP contribution < -0.4 is 4.90 Å². The van der Waals surface area contributed by atoms with Crippen LogP contribution in [0.2, 0.25) is 0 Å². The van der Waals surface area contributed by atoms with Gasteiger partial charge >= 0.3 is 0 Å². The summed E-state index contributed by atoms with van der Waals surface area (Å²) in [5.74, 6) is 0. The standard InChI is InChI=1S/C35H36N2/c1-34(2,3)27-14-18-29(19-15-27)37(30-20-16-28(17-21-30)35(4,5)6)31-12-9-11-26(24-31)33-32-13-8-7-10-25(32)22-23-36-33/h7-24H,1-6H3. The number of anilines is 3. The molecule has 0 N–H and O–H groups in total. The summed E-state index contributed by atoms with van der Waals surface area (Å²) in [7, 11) is 0. The Morgan fingerprint density at radius 1 is 0.541 bits per heavy atom. The van der Waals surface area contributed by atoms with Gasteiger partial charge in [0.05, 0.1) is 5.69 Å². The fourth-order valence-corrected chi connectivity index (χ4v) is 4.81. The number of fused-ring (bicyclic) bond motifs is 1. The number of pyridine rings is 1. The first-order chi connectivity index (χ1) is 17.6. The Morgan fingerprint density at radius 3 is 1.68 bits per heavy atom. The molecule has 0 fully saturated rings. The van der Waals surface area contributed by atoms with E-state index in [9.17, 15) is 0 Å². The lowest BCUT2D eigenvalue weighted by Crippen LogP contribution is -2.14. The summed E-state index contributed by atoms with van der Waals surface area (Å²) in [5.41, 5.74) is 8.37. The van der Waals surface area contributed by atoms with Crippen molar-refractivity contribution in [1.82, 2.24) is 4.98 Å². The molecule has 5 rings (SSSR count). The SMILES string of the molecule is CC(C)(C)c1ccc(N(c2ccc(C(C)(C)C)cc2)c2cccc(-c3nccc4ccccc34)c2)cc1. The summed E-state index contributed by atoms with van der Waals surface area (Å²) in [6.45, 7) is 13.5. The molecule has 37 heavy (non-hydrogen) atoms. The summed E-state index contributed by atoms with van der Waals surface area (Å²) in [4.78, 5) is 7.12. The molecule has 0 radical (unpaired) electrons. The lowest BCUT2D eigenvalue weighted by atomic mass is 9.86. The molecular weight excluding hydrogens is 448 g/mol. The van der Waals surface area contributed by atoms with Gasteiger partial charge in [-0.05, 0) is 69.8 Å². The Kier molecular flexibility index (Phi) is 6.37. The Hall–Kier alpha value is -3.91. The summed E-state index contributed by atoms with van der Waals surface area (Å²) in [6.07, 6.45) is 1.90. The van der Waals surface area contributed by atoms with Gasteiger partial charge in [-0.1, -0.05) is 102 Å². The van der Waals surface area contributed by atoms with Crippen LogP contribution in [0.25, 0.3) is 22.0 Å². The van der Waals surface area contributed by atoms with Crippen molar-refractivity contribution < 1.29 is 0 Å². The molecule has 4 aromatic carbocycles. The fraction of sp³-hybridized carbons (Fsp3) is 0.229. The number of benzene rings is 4. The van der Waals surface area contributed by atoms with Crippen LogP contribution >= 0.6 is 0 Å². The Balaban J connectivity index is 1.64. The summed E-state index contributed by atoms with van der Waals surface area (Å²) < 4.78 is 0. The molecule has 2 heteroatoms. The molecule has 2 nitrogen and oxygen atoms in total. The molecule has 0 saturated carbocycles. The first kappa shape index (κ1) is 24.8. The van der Waals surface area contributed by atoms with E-state index in [1.165, 1.54) is 16.5 Å². The van der Waals surface area contributed by atoms with Crippen molar-refractivity contribution in [2.24, 2.45) is 0 Å². The van der Waals surface area contributed by atoms with Gasteiger partial charge in [0, 0.05) is 34.2 Å². The maximum atomic E-state index is 4.78. The van der Waals surface area contributed by atoms with Crippen molar-refractivity contribution in [1.29, 1.82) is 0 Å². The van der Waals surface area contributed by atoms with Gasteiger partial charge < -0.3 is 4.90 Å². The van der Waals surface area contributed by atoms with E-state index in [0.29, 0.717) is 0 Å². The molecule has 0 aliphatic heterocycles. The van der Waals surface area contributed by atoms with Crippen LogP contribution in [-0.2, 0) is 10.8 Å². The average molecular weight is 485 g/mol. The fourth-order valence-electron chi connectivity index (χ4n) is 4.81. The average Bonchev–Trinajstić information content (AvgIpc) is 2.88. The molecule has 1 heterocycles. The summed E-state index contributed by atoms with van der Waals surface area (Å²) >= 11 is 0. The zero-order chi connectivity index (χ0) is 26.2. The highest BCUT2D eigenvalue weighted by Gasteiger charge is 2.19. The van der Waals surface area contributed by atoms with Crippen molar-refractivity contribution in [3.05, 3.63) is 120 Å². The minimum Gasteiger partial charge on any atom is -0.310 e. The molecule has 5 aromatic rings. The molecule has 0 saturated heterocycles. The summed E-state index contributed by atoms with van der Waals surface area (Å²) in [6, 6.07) is 37.2. The van der Waals surface area contributed by atoms with E-state index in [1.807, 2.05) is 6.20 Å². The molecule has 1 aromatic heterocycles. The number of hydrogen-bond acceptors (Lipinski definition) is 2. The van der Waals surface area contributed by atoms with Crippen LogP contribution in [0.15, 0.2) is 109 Å². The molecule has 0 atom stereocenters. The largest absolute Gasteiger partial charge is 0.310 e. The Labute approximate surface area is 221 Å². The molecule has 186 valence electrons. The number of aromatic nitrogens is 1. The Morgan fingerprint density at radius 2 is 1.11 bits per heavy atom. The molecule has 0 unspecified atom stereocenters. The van der Waals surface area contributed by atoms with Gasteiger partial charge in [0.2, 0.25) is 0 Å². The smallest absolute Gasteiger partial charge is 0.0781 e. The van der Waals surface area contributed by atoms with Gasteiger partial charge in [-0.2, -0.15) is 0 Å². The van der Waals surface area contributed by atoms with Crippen LogP contribution in [-0.4, -0.2) is 4.98 Å². The second-order valence-electron chi connectivity index (χ2n) is 11.9. The predicted octanol–water partition coefficient (Wildman–Crippen LogP) is 9.97. The third kappa shape index (κ3) is 5.15. The van der Waals surface area contributed by atoms with E-state index < -0.39 is 0 Å². The van der Waals surface area contributed by atoms with Crippen LogP contribution in [0.3, 0.4) is 0 Å². The minimum atomic E-state index is 0.109. The van der Waals surface area contributed by atoms with E-state index >= 15 is 0 Å². The van der Waals surface area contributed by atoms with Crippen LogP contribution in [0.5, 0.6) is 0 Å². The highest BCUT2D eigenvalue weighted by Crippen LogP contribution is 2.39. The normalized spacial score (nSPS) is 12.1. The highest BCUT2D eigenvalue weighted by atomic mass is 15.1.